The summed E-state index contributed by atoms with van der Waals surface area (Å²) in [6.45, 7) is -0.474. The Kier molecular flexibility index (Phi) is 3.21. The number of ether oxygens (including phenoxy) is 1. The van der Waals surface area contributed by atoms with E-state index >= 15 is 0 Å². The number of rotatable bonds is 3. The third-order valence-electron chi connectivity index (χ3n) is 1.89. The summed E-state index contributed by atoms with van der Waals surface area (Å²) < 4.78 is 4.86. The van der Waals surface area contributed by atoms with Crippen LogP contribution in [0.5, 0.6) is 5.75 Å². The van der Waals surface area contributed by atoms with Crippen molar-refractivity contribution >= 4 is 5.69 Å². The Morgan fingerprint density at radius 3 is 2.73 bits per heavy atom. The molecular weight excluding hydrogens is 200 g/mol. The predicted molar refractivity (Wildman–Crippen MR) is 50.3 cm³/mol. The van der Waals surface area contributed by atoms with Gasteiger partial charge in [0.1, 0.15) is 17.4 Å². The van der Waals surface area contributed by atoms with Crippen molar-refractivity contribution in [1.82, 2.24) is 0 Å². The van der Waals surface area contributed by atoms with E-state index in [1.54, 1.807) is 6.07 Å². The molecule has 0 spiro atoms. The smallest absolute Gasteiger partial charge is 0.276 e. The van der Waals surface area contributed by atoms with Gasteiger partial charge in [-0.05, 0) is 6.07 Å². The number of nitrogens with zero attached hydrogens (tertiary/aromatic N) is 2. The van der Waals surface area contributed by atoms with Crippen LogP contribution >= 0.6 is 0 Å². The summed E-state index contributed by atoms with van der Waals surface area (Å²) >= 11 is 0. The van der Waals surface area contributed by atoms with Gasteiger partial charge in [-0.15, -0.1) is 0 Å². The molecule has 0 saturated carbocycles. The van der Waals surface area contributed by atoms with Gasteiger partial charge in [-0.3, -0.25) is 10.1 Å². The summed E-state index contributed by atoms with van der Waals surface area (Å²) in [7, 11) is 1.35. The maximum atomic E-state index is 10.6. The standard InChI is InChI=1S/C9H8N2O4/c1-15-9-3-7(5-12)8(11(13)14)2-6(9)4-10/h2-3,12H,5H2,1H3. The second-order valence-corrected chi connectivity index (χ2v) is 2.71. The van der Waals surface area contributed by atoms with Gasteiger partial charge in [-0.25, -0.2) is 0 Å². The van der Waals surface area contributed by atoms with Crippen LogP contribution < -0.4 is 4.74 Å². The van der Waals surface area contributed by atoms with Crippen LogP contribution in [-0.4, -0.2) is 17.1 Å². The molecule has 1 aromatic carbocycles. The van der Waals surface area contributed by atoms with Gasteiger partial charge in [0.15, 0.2) is 0 Å². The van der Waals surface area contributed by atoms with Crippen LogP contribution in [0, 0.1) is 21.4 Å². The number of hydrogen-bond donors (Lipinski definition) is 1. The Morgan fingerprint density at radius 2 is 2.33 bits per heavy atom. The maximum Gasteiger partial charge on any atom is 0.276 e. The van der Waals surface area contributed by atoms with E-state index in [2.05, 4.69) is 0 Å². The van der Waals surface area contributed by atoms with Crippen molar-refractivity contribution in [1.29, 1.82) is 5.26 Å². The second kappa shape index (κ2) is 4.39. The van der Waals surface area contributed by atoms with Crippen molar-refractivity contribution in [2.45, 2.75) is 6.61 Å². The van der Waals surface area contributed by atoms with E-state index in [1.807, 2.05) is 0 Å². The molecule has 0 aliphatic rings. The van der Waals surface area contributed by atoms with Crippen molar-refractivity contribution in [3.8, 4) is 11.8 Å². The van der Waals surface area contributed by atoms with Crippen LogP contribution in [0.4, 0.5) is 5.69 Å². The number of nitro groups is 1. The Morgan fingerprint density at radius 1 is 1.67 bits per heavy atom. The van der Waals surface area contributed by atoms with Gasteiger partial charge in [-0.1, -0.05) is 0 Å². The lowest BCUT2D eigenvalue weighted by Crippen LogP contribution is -1.98. The molecule has 15 heavy (non-hydrogen) atoms. The molecule has 0 aliphatic heterocycles. The molecule has 0 radical (unpaired) electrons. The SMILES string of the molecule is COc1cc(CO)c([N+](=O)[O-])cc1C#N. The topological polar surface area (TPSA) is 96.4 Å². The van der Waals surface area contributed by atoms with Gasteiger partial charge >= 0.3 is 0 Å². The van der Waals surface area contributed by atoms with E-state index in [0.717, 1.165) is 6.07 Å². The minimum absolute atomic E-state index is 0.0707. The average Bonchev–Trinajstić information content (AvgIpc) is 2.26. The number of nitro benzene ring substituents is 1. The van der Waals surface area contributed by atoms with Gasteiger partial charge < -0.3 is 9.84 Å². The van der Waals surface area contributed by atoms with E-state index in [0.29, 0.717) is 0 Å². The molecule has 0 aromatic heterocycles. The van der Waals surface area contributed by atoms with Gasteiger partial charge in [0, 0.05) is 6.07 Å². The molecule has 6 nitrogen and oxygen atoms in total. The molecule has 1 aromatic rings. The fourth-order valence-corrected chi connectivity index (χ4v) is 1.16. The number of hydrogen-bond acceptors (Lipinski definition) is 5. The quantitative estimate of drug-likeness (QED) is 0.589. The highest BCUT2D eigenvalue weighted by Gasteiger charge is 2.17. The summed E-state index contributed by atoms with van der Waals surface area (Å²) in [5.41, 5.74) is -0.0906. The lowest BCUT2D eigenvalue weighted by molar-refractivity contribution is -0.385. The molecule has 78 valence electrons. The average molecular weight is 208 g/mol. The fourth-order valence-electron chi connectivity index (χ4n) is 1.16. The molecule has 0 bridgehead atoms. The highest BCUT2D eigenvalue weighted by atomic mass is 16.6. The summed E-state index contributed by atoms with van der Waals surface area (Å²) in [4.78, 5) is 9.95. The zero-order chi connectivity index (χ0) is 11.4. The lowest BCUT2D eigenvalue weighted by atomic mass is 10.1. The molecule has 0 unspecified atom stereocenters. The van der Waals surface area contributed by atoms with Gasteiger partial charge in [0.25, 0.3) is 5.69 Å². The van der Waals surface area contributed by atoms with Gasteiger partial charge in [0.2, 0.25) is 0 Å². The minimum Gasteiger partial charge on any atom is -0.495 e. The van der Waals surface area contributed by atoms with Crippen LogP contribution in [0.2, 0.25) is 0 Å². The molecule has 6 heteroatoms. The highest BCUT2D eigenvalue weighted by Crippen LogP contribution is 2.28. The van der Waals surface area contributed by atoms with Crippen molar-refractivity contribution in [3.05, 3.63) is 33.4 Å². The maximum absolute atomic E-state index is 10.6. The Bertz CT molecular complexity index is 436. The summed E-state index contributed by atoms with van der Waals surface area (Å²) in [6, 6.07) is 4.16. The number of nitriles is 1. The van der Waals surface area contributed by atoms with Gasteiger partial charge in [-0.2, -0.15) is 5.26 Å². The molecule has 0 saturated heterocycles. The van der Waals surface area contributed by atoms with Crippen molar-refractivity contribution in [2.75, 3.05) is 7.11 Å². The molecule has 1 N–H and O–H groups in total. The first-order chi connectivity index (χ1) is 7.13. The number of methoxy groups -OCH3 is 1. The molecule has 0 heterocycles. The molecule has 0 aliphatic carbocycles. The van der Waals surface area contributed by atoms with Crippen LogP contribution in [-0.2, 0) is 6.61 Å². The monoisotopic (exact) mass is 208 g/mol. The van der Waals surface area contributed by atoms with E-state index < -0.39 is 11.5 Å². The van der Waals surface area contributed by atoms with E-state index in [9.17, 15) is 10.1 Å². The Labute approximate surface area is 85.5 Å². The van der Waals surface area contributed by atoms with Crippen LogP contribution in [0.15, 0.2) is 12.1 Å². The Balaban J connectivity index is 3.42. The molecule has 0 atom stereocenters. The lowest BCUT2D eigenvalue weighted by Gasteiger charge is -2.05. The first-order valence-electron chi connectivity index (χ1n) is 4.00. The summed E-state index contributed by atoms with van der Waals surface area (Å²) in [6.07, 6.45) is 0. The van der Waals surface area contributed by atoms with Crippen LogP contribution in [0.1, 0.15) is 11.1 Å². The second-order valence-electron chi connectivity index (χ2n) is 2.71. The molecule has 1 rings (SSSR count). The number of benzene rings is 1. The van der Waals surface area contributed by atoms with E-state index in [-0.39, 0.29) is 22.6 Å². The number of aliphatic hydroxyl groups excluding tert-OH is 1. The minimum atomic E-state index is -0.647. The van der Waals surface area contributed by atoms with Crippen LogP contribution in [0.3, 0.4) is 0 Å². The summed E-state index contributed by atoms with van der Waals surface area (Å²) in [5.74, 6) is 0.215. The van der Waals surface area contributed by atoms with Gasteiger partial charge in [0.05, 0.1) is 24.2 Å². The van der Waals surface area contributed by atoms with Crippen molar-refractivity contribution < 1.29 is 14.8 Å². The van der Waals surface area contributed by atoms with E-state index in [1.165, 1.54) is 13.2 Å². The summed E-state index contributed by atoms with van der Waals surface area (Å²) in [5, 5.41) is 28.2. The third kappa shape index (κ3) is 2.03. The third-order valence-corrected chi connectivity index (χ3v) is 1.89. The van der Waals surface area contributed by atoms with Crippen molar-refractivity contribution in [2.24, 2.45) is 0 Å². The number of aliphatic hydroxyl groups is 1. The normalized spacial score (nSPS) is 9.40. The Hall–Kier alpha value is -2.13. The first-order valence-corrected chi connectivity index (χ1v) is 4.00. The largest absolute Gasteiger partial charge is 0.495 e. The first kappa shape index (κ1) is 10.9. The molecule has 0 fully saturated rings. The fraction of sp³-hybridized carbons (Fsp3) is 0.222. The van der Waals surface area contributed by atoms with Crippen molar-refractivity contribution in [3.63, 3.8) is 0 Å². The van der Waals surface area contributed by atoms with Crippen LogP contribution in [0.25, 0.3) is 0 Å². The molecule has 0 amide bonds. The zero-order valence-electron chi connectivity index (χ0n) is 7.93. The molecular formula is C9H8N2O4. The predicted octanol–water partition coefficient (Wildman–Crippen LogP) is 0.967. The van der Waals surface area contributed by atoms with E-state index in [4.69, 9.17) is 15.1 Å². The zero-order valence-corrected chi connectivity index (χ0v) is 7.93. The highest BCUT2D eigenvalue weighted by molar-refractivity contribution is 5.54.